The minimum absolute atomic E-state index is 0.296. The molecule has 4 rings (SSSR count). The van der Waals surface area contributed by atoms with E-state index in [0.29, 0.717) is 17.8 Å². The van der Waals surface area contributed by atoms with Crippen LogP contribution in [-0.4, -0.2) is 34.0 Å². The summed E-state index contributed by atoms with van der Waals surface area (Å²) in [4.78, 5) is 16.5. The van der Waals surface area contributed by atoms with Crippen molar-refractivity contribution in [2.24, 2.45) is 0 Å². The Morgan fingerprint density at radius 2 is 2.04 bits per heavy atom. The van der Waals surface area contributed by atoms with Crippen LogP contribution in [0.1, 0.15) is 48.9 Å². The molecule has 7 heteroatoms. The fourth-order valence-corrected chi connectivity index (χ4v) is 3.30. The molecule has 25 heavy (non-hydrogen) atoms. The Kier molecular flexibility index (Phi) is 4.40. The molecule has 2 fully saturated rings. The third-order valence-corrected chi connectivity index (χ3v) is 4.90. The van der Waals surface area contributed by atoms with Gasteiger partial charge in [-0.15, -0.1) is 0 Å². The van der Waals surface area contributed by atoms with Crippen molar-refractivity contribution in [2.45, 2.75) is 44.6 Å². The summed E-state index contributed by atoms with van der Waals surface area (Å²) in [5, 5.41) is 10.1. The summed E-state index contributed by atoms with van der Waals surface area (Å²) in [7, 11) is 0. The van der Waals surface area contributed by atoms with Crippen molar-refractivity contribution in [3.8, 4) is 0 Å². The van der Waals surface area contributed by atoms with E-state index >= 15 is 0 Å². The Morgan fingerprint density at radius 1 is 1.24 bits per heavy atom. The molecule has 0 unspecified atom stereocenters. The van der Waals surface area contributed by atoms with Crippen molar-refractivity contribution < 1.29 is 9.53 Å². The van der Waals surface area contributed by atoms with Crippen molar-refractivity contribution in [3.63, 3.8) is 0 Å². The molecule has 1 aliphatic heterocycles. The van der Waals surface area contributed by atoms with Crippen molar-refractivity contribution in [1.82, 2.24) is 14.8 Å². The summed E-state index contributed by atoms with van der Waals surface area (Å²) in [6.07, 6.45) is 7.80. The molecule has 0 aromatic carbocycles. The summed E-state index contributed by atoms with van der Waals surface area (Å²) in [5.41, 5.74) is 2.93. The van der Waals surface area contributed by atoms with Crippen molar-refractivity contribution in [3.05, 3.63) is 35.8 Å². The van der Waals surface area contributed by atoms with E-state index in [1.807, 2.05) is 23.7 Å². The van der Waals surface area contributed by atoms with E-state index in [1.54, 1.807) is 12.4 Å². The highest BCUT2D eigenvalue weighted by Gasteiger charge is 2.24. The molecule has 2 aromatic rings. The topological polar surface area (TPSA) is 81.1 Å². The molecule has 132 valence electrons. The first-order valence-electron chi connectivity index (χ1n) is 8.86. The van der Waals surface area contributed by atoms with Gasteiger partial charge in [-0.1, -0.05) is 0 Å². The van der Waals surface area contributed by atoms with Gasteiger partial charge in [0.15, 0.2) is 0 Å². The van der Waals surface area contributed by atoms with Gasteiger partial charge in [-0.05, 0) is 56.2 Å². The average Bonchev–Trinajstić information content (AvgIpc) is 3.42. The van der Waals surface area contributed by atoms with Gasteiger partial charge in [0.05, 0.1) is 23.6 Å². The smallest absolute Gasteiger partial charge is 0.324 e. The van der Waals surface area contributed by atoms with Crippen LogP contribution < -0.4 is 10.6 Å². The fourth-order valence-electron chi connectivity index (χ4n) is 3.30. The summed E-state index contributed by atoms with van der Waals surface area (Å²) in [6.45, 7) is 3.50. The molecule has 3 heterocycles. The summed E-state index contributed by atoms with van der Waals surface area (Å²) < 4.78 is 7.39. The predicted molar refractivity (Wildman–Crippen MR) is 94.9 cm³/mol. The van der Waals surface area contributed by atoms with Gasteiger partial charge >= 0.3 is 6.03 Å². The van der Waals surface area contributed by atoms with Crippen LogP contribution in [0.3, 0.4) is 0 Å². The fraction of sp³-hybridized carbons (Fsp3) is 0.500. The Labute approximate surface area is 146 Å². The minimum Gasteiger partial charge on any atom is -0.381 e. The third-order valence-electron chi connectivity index (χ3n) is 4.90. The van der Waals surface area contributed by atoms with Gasteiger partial charge in [0.25, 0.3) is 0 Å². The number of urea groups is 1. The van der Waals surface area contributed by atoms with Gasteiger partial charge in [-0.2, -0.15) is 5.10 Å². The molecule has 0 radical (unpaired) electrons. The zero-order chi connectivity index (χ0) is 17.2. The highest BCUT2D eigenvalue weighted by atomic mass is 16.5. The van der Waals surface area contributed by atoms with E-state index in [9.17, 15) is 4.79 Å². The van der Waals surface area contributed by atoms with E-state index in [2.05, 4.69) is 20.7 Å². The van der Waals surface area contributed by atoms with E-state index in [0.717, 1.165) is 37.4 Å². The Morgan fingerprint density at radius 3 is 2.80 bits per heavy atom. The lowest BCUT2D eigenvalue weighted by molar-refractivity contribution is 0.0657. The normalized spacial score (nSPS) is 18.1. The summed E-state index contributed by atoms with van der Waals surface area (Å²) in [6, 6.07) is 4.01. The van der Waals surface area contributed by atoms with Crippen LogP contribution in [0.5, 0.6) is 0 Å². The Bertz CT molecular complexity index is 763. The first kappa shape index (κ1) is 16.1. The number of aromatic nitrogens is 3. The zero-order valence-electron chi connectivity index (χ0n) is 14.4. The molecule has 2 aliphatic rings. The van der Waals surface area contributed by atoms with Gasteiger partial charge < -0.3 is 10.1 Å². The molecular weight excluding hydrogens is 318 g/mol. The van der Waals surface area contributed by atoms with Crippen LogP contribution in [0.2, 0.25) is 0 Å². The molecule has 2 N–H and O–H groups in total. The van der Waals surface area contributed by atoms with Crippen LogP contribution in [0.25, 0.3) is 0 Å². The lowest BCUT2D eigenvalue weighted by Crippen LogP contribution is -2.22. The molecule has 0 bridgehead atoms. The SMILES string of the molecule is Cc1c(NC(=O)Nc2cc(C3CC3)ccn2)cnn1C1CCOCC1. The molecule has 1 saturated heterocycles. The second-order valence-electron chi connectivity index (χ2n) is 6.76. The van der Waals surface area contributed by atoms with Crippen LogP contribution >= 0.6 is 0 Å². The van der Waals surface area contributed by atoms with E-state index < -0.39 is 0 Å². The van der Waals surface area contributed by atoms with Gasteiger partial charge in [0, 0.05) is 19.4 Å². The standard InChI is InChI=1S/C18H23N5O2/c1-12-16(11-20-23(12)15-5-8-25-9-6-15)21-18(24)22-17-10-14(4-7-19-17)13-2-3-13/h4,7,10-11,13,15H,2-3,5-6,8-9H2,1H3,(H2,19,21,22,24). The number of carbonyl (C=O) groups excluding carboxylic acids is 1. The molecular formula is C18H23N5O2. The molecule has 0 spiro atoms. The maximum absolute atomic E-state index is 12.3. The molecule has 7 nitrogen and oxygen atoms in total. The average molecular weight is 341 g/mol. The van der Waals surface area contributed by atoms with Gasteiger partial charge in [-0.25, -0.2) is 9.78 Å². The van der Waals surface area contributed by atoms with Crippen LogP contribution in [0.4, 0.5) is 16.3 Å². The lowest BCUT2D eigenvalue weighted by atomic mass is 10.1. The van der Waals surface area contributed by atoms with Crippen LogP contribution in [-0.2, 0) is 4.74 Å². The molecule has 1 aliphatic carbocycles. The number of hydrogen-bond acceptors (Lipinski definition) is 4. The number of ether oxygens (including phenoxy) is 1. The number of hydrogen-bond donors (Lipinski definition) is 2. The quantitative estimate of drug-likeness (QED) is 0.892. The summed E-state index contributed by atoms with van der Waals surface area (Å²) >= 11 is 0. The first-order chi connectivity index (χ1) is 12.2. The van der Waals surface area contributed by atoms with Gasteiger partial charge in [0.2, 0.25) is 0 Å². The highest BCUT2D eigenvalue weighted by molar-refractivity contribution is 5.99. The number of pyridine rings is 1. The van der Waals surface area contributed by atoms with E-state index in [1.165, 1.54) is 18.4 Å². The van der Waals surface area contributed by atoms with Crippen molar-refractivity contribution >= 4 is 17.5 Å². The number of anilines is 2. The molecule has 2 aromatic heterocycles. The molecule has 1 saturated carbocycles. The Balaban J connectivity index is 1.40. The number of nitrogens with one attached hydrogen (secondary N) is 2. The maximum atomic E-state index is 12.3. The Hall–Kier alpha value is -2.41. The second kappa shape index (κ2) is 6.84. The van der Waals surface area contributed by atoms with Crippen LogP contribution in [0, 0.1) is 6.92 Å². The number of nitrogens with zero attached hydrogens (tertiary/aromatic N) is 3. The summed E-state index contributed by atoms with van der Waals surface area (Å²) in [5.74, 6) is 1.21. The van der Waals surface area contributed by atoms with Crippen molar-refractivity contribution in [1.29, 1.82) is 0 Å². The number of rotatable bonds is 4. The second-order valence-corrected chi connectivity index (χ2v) is 6.76. The number of carbonyl (C=O) groups is 1. The zero-order valence-corrected chi connectivity index (χ0v) is 14.4. The highest BCUT2D eigenvalue weighted by Crippen LogP contribution is 2.40. The monoisotopic (exact) mass is 341 g/mol. The largest absolute Gasteiger partial charge is 0.381 e. The van der Waals surface area contributed by atoms with Crippen molar-refractivity contribution in [2.75, 3.05) is 23.8 Å². The predicted octanol–water partition coefficient (Wildman–Crippen LogP) is 3.46. The minimum atomic E-state index is -0.296. The van der Waals surface area contributed by atoms with Crippen LogP contribution in [0.15, 0.2) is 24.5 Å². The lowest BCUT2D eigenvalue weighted by Gasteiger charge is -2.23. The maximum Gasteiger partial charge on any atom is 0.324 e. The third kappa shape index (κ3) is 3.66. The van der Waals surface area contributed by atoms with E-state index in [4.69, 9.17) is 4.74 Å². The number of amides is 2. The van der Waals surface area contributed by atoms with E-state index in [-0.39, 0.29) is 6.03 Å². The van der Waals surface area contributed by atoms with Gasteiger partial charge in [-0.3, -0.25) is 10.00 Å². The molecule has 2 amide bonds. The molecule has 0 atom stereocenters. The first-order valence-corrected chi connectivity index (χ1v) is 8.86. The van der Waals surface area contributed by atoms with Gasteiger partial charge in [0.1, 0.15) is 5.82 Å².